The minimum absolute atomic E-state index is 0.235. The molecule has 1 aliphatic rings. The first-order valence-electron chi connectivity index (χ1n) is 3.43. The van der Waals surface area contributed by atoms with E-state index in [0.717, 1.165) is 5.56 Å². The van der Waals surface area contributed by atoms with Gasteiger partial charge in [-0.25, -0.2) is 0 Å². The number of hydrogen-bond acceptors (Lipinski definition) is 3. The normalized spacial score (nSPS) is 14.6. The van der Waals surface area contributed by atoms with Crippen molar-refractivity contribution in [2.45, 2.75) is 6.92 Å². The van der Waals surface area contributed by atoms with Crippen LogP contribution in [0.25, 0.3) is 0 Å². The quantitative estimate of drug-likeness (QED) is 0.696. The van der Waals surface area contributed by atoms with Gasteiger partial charge in [-0.2, -0.15) is 0 Å². The van der Waals surface area contributed by atoms with Gasteiger partial charge in [0.1, 0.15) is 0 Å². The average Bonchev–Trinajstić information content (AvgIpc) is 2.04. The van der Waals surface area contributed by atoms with Crippen molar-refractivity contribution in [3.05, 3.63) is 29.3 Å². The van der Waals surface area contributed by atoms with E-state index in [4.69, 9.17) is 5.54 Å². The zero-order valence-electron chi connectivity index (χ0n) is 6.37. The van der Waals surface area contributed by atoms with Crippen LogP contribution in [0.15, 0.2) is 18.2 Å². The first-order chi connectivity index (χ1) is 5.77. The van der Waals surface area contributed by atoms with Crippen LogP contribution < -0.4 is 2.77 Å². The van der Waals surface area contributed by atoms with Crippen LogP contribution in [0.5, 0.6) is 5.75 Å². The Kier molecular flexibility index (Phi) is 2.02. The molecule has 0 saturated heterocycles. The Morgan fingerprint density at radius 1 is 1.33 bits per heavy atom. The molecule has 0 spiro atoms. The molecule has 1 aromatic carbocycles. The van der Waals surface area contributed by atoms with Gasteiger partial charge < -0.3 is 0 Å². The topological polar surface area (TPSA) is 35.5 Å². The Morgan fingerprint density at radius 2 is 2.17 bits per heavy atom. The molecule has 1 heterocycles. The van der Waals surface area contributed by atoms with E-state index in [9.17, 15) is 4.79 Å². The summed E-state index contributed by atoms with van der Waals surface area (Å²) in [6.07, 6.45) is 0. The summed E-state index contributed by atoms with van der Waals surface area (Å²) in [6.45, 7) is 1.97. The first-order valence-corrected chi connectivity index (χ1v) is 6.03. The molecule has 0 radical (unpaired) electrons. The number of fused-ring (bicyclic) bond motifs is 1. The maximum atomic E-state index is 11.1. The maximum absolute atomic E-state index is 11.1. The van der Waals surface area contributed by atoms with E-state index in [1.54, 1.807) is 6.07 Å². The molecule has 3 nitrogen and oxygen atoms in total. The van der Waals surface area contributed by atoms with Crippen LogP contribution in [0.4, 0.5) is 0 Å². The third kappa shape index (κ3) is 1.32. The number of benzene rings is 1. The number of carbonyl (C=O) groups excluding carboxylic acids is 1. The van der Waals surface area contributed by atoms with Crippen molar-refractivity contribution in [2.24, 2.45) is 0 Å². The Labute approximate surface area is 82.7 Å². The van der Waals surface area contributed by atoms with Crippen molar-refractivity contribution in [1.82, 2.24) is 0 Å². The number of rotatable bonds is 0. The molecule has 12 heavy (non-hydrogen) atoms. The molecule has 0 aliphatic carbocycles. The van der Waals surface area contributed by atoms with Crippen molar-refractivity contribution in [3.63, 3.8) is 0 Å². The summed E-state index contributed by atoms with van der Waals surface area (Å²) in [6, 6.07) is 5.49. The summed E-state index contributed by atoms with van der Waals surface area (Å²) in [5, 5.41) is 0. The van der Waals surface area contributed by atoms with Crippen LogP contribution >= 0.6 is 0 Å². The molecule has 0 saturated carbocycles. The molecule has 0 N–H and O–H groups in total. The monoisotopic (exact) mass is 359 g/mol. The third-order valence-corrected chi connectivity index (χ3v) is 3.41. The molecule has 0 aromatic heterocycles. The van der Waals surface area contributed by atoms with Crippen LogP contribution in [0.3, 0.4) is 0 Å². The molecule has 0 atom stereocenters. The van der Waals surface area contributed by atoms with Crippen molar-refractivity contribution < 1.29 is 10.3 Å². The summed E-state index contributed by atoms with van der Waals surface area (Å²) in [4.78, 5) is 11.1. The molecule has 1 aromatic rings. The van der Waals surface area contributed by atoms with Crippen molar-refractivity contribution in [2.75, 3.05) is 0 Å². The van der Waals surface area contributed by atoms with Gasteiger partial charge in [0.05, 0.1) is 0 Å². The minimum atomic E-state index is -1.34. The second-order valence-corrected chi connectivity index (χ2v) is 4.35. The number of aryl methyl sites for hydroxylation is 1. The van der Waals surface area contributed by atoms with E-state index in [2.05, 4.69) is 0 Å². The fourth-order valence-corrected chi connectivity index (χ4v) is 2.54. The van der Waals surface area contributed by atoms with E-state index >= 15 is 0 Å². The Bertz CT molecular complexity index is 335. The van der Waals surface area contributed by atoms with Gasteiger partial charge in [0, 0.05) is 0 Å². The molecule has 2 rings (SSSR count). The Balaban J connectivity index is 2.53. The molecule has 62 valence electrons. The van der Waals surface area contributed by atoms with Gasteiger partial charge in [0.25, 0.3) is 0 Å². The van der Waals surface area contributed by atoms with Gasteiger partial charge in [-0.05, 0) is 0 Å². The second kappa shape index (κ2) is 3.03. The molecule has 4 heteroatoms. The van der Waals surface area contributed by atoms with Crippen LogP contribution in [0.2, 0.25) is 0 Å². The van der Waals surface area contributed by atoms with Crippen molar-refractivity contribution >= 4 is 30.4 Å². The molecule has 0 unspecified atom stereocenters. The van der Waals surface area contributed by atoms with Crippen molar-refractivity contribution in [1.29, 1.82) is 0 Å². The number of hydrogen-bond donors (Lipinski definition) is 0. The van der Waals surface area contributed by atoms with E-state index < -0.39 is 24.5 Å². The van der Waals surface area contributed by atoms with Crippen LogP contribution in [-0.2, 0) is 2.77 Å². The fourth-order valence-electron chi connectivity index (χ4n) is 0.997. The fraction of sp³-hybridized carbons (Fsp3) is 0.125. The Morgan fingerprint density at radius 3 is 3.00 bits per heavy atom. The molecule has 0 amide bonds. The van der Waals surface area contributed by atoms with E-state index in [1.807, 2.05) is 19.1 Å². The summed E-state index contributed by atoms with van der Waals surface area (Å²) < 4.78 is 10.1. The SMILES string of the molecule is Cc1ccc2c(c1)[O][Po][O]C2=O. The van der Waals surface area contributed by atoms with Crippen LogP contribution in [0, 0.1) is 6.92 Å². The summed E-state index contributed by atoms with van der Waals surface area (Å²) in [7, 11) is 0. The van der Waals surface area contributed by atoms with Crippen LogP contribution in [-0.4, -0.2) is 30.4 Å². The van der Waals surface area contributed by atoms with Crippen LogP contribution in [0.1, 0.15) is 15.9 Å². The predicted molar refractivity (Wildman–Crippen MR) is 43.0 cm³/mol. The second-order valence-electron chi connectivity index (χ2n) is 2.52. The number of carbonyl (C=O) groups is 1. The summed E-state index contributed by atoms with van der Waals surface area (Å²) in [5.74, 6) is 0.456. The van der Waals surface area contributed by atoms with Gasteiger partial charge in [-0.1, -0.05) is 0 Å². The molecule has 0 fully saturated rings. The summed E-state index contributed by atoms with van der Waals surface area (Å²) >= 11 is -1.34. The van der Waals surface area contributed by atoms with E-state index in [-0.39, 0.29) is 5.97 Å². The Hall–Kier alpha value is -0.614. The van der Waals surface area contributed by atoms with E-state index in [0.29, 0.717) is 11.3 Å². The van der Waals surface area contributed by atoms with Gasteiger partial charge in [-0.15, -0.1) is 0 Å². The van der Waals surface area contributed by atoms with Gasteiger partial charge in [-0.3, -0.25) is 0 Å². The average molecular weight is 359 g/mol. The van der Waals surface area contributed by atoms with Gasteiger partial charge in [0.15, 0.2) is 0 Å². The molecular formula is C8H6O3Po. The zero-order valence-corrected chi connectivity index (χ0v) is 9.54. The van der Waals surface area contributed by atoms with E-state index in [1.165, 1.54) is 0 Å². The standard InChI is InChI=1S/C8H8O3.Po/c1-5-2-3-6(8(10)11)7(9)4-5;/h2-4,9H,1H3,(H,10,11);/q;+2/p-2. The molecular weight excluding hydrogens is 353 g/mol. The first kappa shape index (κ1) is 8.01. The summed E-state index contributed by atoms with van der Waals surface area (Å²) in [5.41, 5.74) is 1.65. The zero-order chi connectivity index (χ0) is 8.55. The molecule has 0 bridgehead atoms. The van der Waals surface area contributed by atoms with Gasteiger partial charge in [0.2, 0.25) is 0 Å². The third-order valence-electron chi connectivity index (χ3n) is 1.59. The molecule has 1 aliphatic heterocycles. The van der Waals surface area contributed by atoms with Gasteiger partial charge >= 0.3 is 82.8 Å². The van der Waals surface area contributed by atoms with Crippen molar-refractivity contribution in [3.8, 4) is 5.75 Å². The predicted octanol–water partition coefficient (Wildman–Crippen LogP) is 1.08.